The van der Waals surface area contributed by atoms with Crippen molar-refractivity contribution < 1.29 is 9.47 Å². The van der Waals surface area contributed by atoms with Gasteiger partial charge in [0, 0.05) is 40.6 Å². The van der Waals surface area contributed by atoms with Crippen molar-refractivity contribution in [2.45, 2.75) is 6.92 Å². The second-order valence-electron chi connectivity index (χ2n) is 8.41. The SMILES string of the molecule is COc1cc2nccc(Oc3ccc(Nc4nnc(-c5cccc(C)n5)c5ccccc45)cc3)c2cn1. The van der Waals surface area contributed by atoms with Crippen molar-refractivity contribution in [3.63, 3.8) is 0 Å². The minimum atomic E-state index is 0.506. The Morgan fingerprint density at radius 2 is 1.62 bits per heavy atom. The highest BCUT2D eigenvalue weighted by Crippen LogP contribution is 2.32. The normalized spacial score (nSPS) is 11.0. The molecular weight excluding hydrogens is 464 g/mol. The van der Waals surface area contributed by atoms with Crippen LogP contribution in [0.3, 0.4) is 0 Å². The molecular formula is C29H22N6O2. The van der Waals surface area contributed by atoms with Gasteiger partial charge in [0.25, 0.3) is 0 Å². The number of hydrogen-bond donors (Lipinski definition) is 1. The zero-order valence-electron chi connectivity index (χ0n) is 20.2. The summed E-state index contributed by atoms with van der Waals surface area (Å²) in [5.41, 5.74) is 4.10. The molecule has 4 aromatic heterocycles. The van der Waals surface area contributed by atoms with Gasteiger partial charge in [-0.3, -0.25) is 9.97 Å². The van der Waals surface area contributed by atoms with Crippen molar-refractivity contribution in [3.8, 4) is 28.8 Å². The van der Waals surface area contributed by atoms with Gasteiger partial charge in [-0.25, -0.2) is 4.98 Å². The van der Waals surface area contributed by atoms with E-state index in [2.05, 4.69) is 30.5 Å². The molecule has 2 aromatic carbocycles. The van der Waals surface area contributed by atoms with Gasteiger partial charge in [-0.1, -0.05) is 30.3 Å². The summed E-state index contributed by atoms with van der Waals surface area (Å²) in [6.07, 6.45) is 3.40. The number of aromatic nitrogens is 5. The molecule has 180 valence electrons. The fourth-order valence-corrected chi connectivity index (χ4v) is 4.13. The van der Waals surface area contributed by atoms with Crippen molar-refractivity contribution in [2.24, 2.45) is 0 Å². The maximum absolute atomic E-state index is 6.13. The molecule has 0 saturated heterocycles. The minimum Gasteiger partial charge on any atom is -0.481 e. The average molecular weight is 487 g/mol. The number of nitrogens with one attached hydrogen (secondary N) is 1. The van der Waals surface area contributed by atoms with Gasteiger partial charge in [-0.15, -0.1) is 10.2 Å². The number of hydrogen-bond acceptors (Lipinski definition) is 8. The van der Waals surface area contributed by atoms with Crippen LogP contribution in [-0.4, -0.2) is 32.3 Å². The standard InChI is InChI=1S/C29H22N6O2/c1-18-6-5-9-24(32-18)28-21-7-3-4-8-22(21)29(35-34-28)33-19-10-12-20(13-11-19)37-26-14-15-30-25-16-27(36-2)31-17-23(25)26/h3-17H,1-2H3,(H,33,35). The van der Waals surface area contributed by atoms with Crippen LogP contribution in [-0.2, 0) is 0 Å². The zero-order chi connectivity index (χ0) is 25.2. The lowest BCUT2D eigenvalue weighted by molar-refractivity contribution is 0.398. The number of anilines is 2. The van der Waals surface area contributed by atoms with Crippen LogP contribution >= 0.6 is 0 Å². The zero-order valence-corrected chi connectivity index (χ0v) is 20.2. The third-order valence-electron chi connectivity index (χ3n) is 5.93. The number of benzene rings is 2. The Bertz CT molecular complexity index is 1740. The lowest BCUT2D eigenvalue weighted by Crippen LogP contribution is -2.00. The average Bonchev–Trinajstić information content (AvgIpc) is 2.94. The van der Waals surface area contributed by atoms with E-state index in [4.69, 9.17) is 9.47 Å². The van der Waals surface area contributed by atoms with Gasteiger partial charge in [-0.05, 0) is 49.4 Å². The van der Waals surface area contributed by atoms with Crippen LogP contribution in [0.2, 0.25) is 0 Å². The van der Waals surface area contributed by atoms with E-state index in [0.29, 0.717) is 23.2 Å². The maximum atomic E-state index is 6.13. The third-order valence-corrected chi connectivity index (χ3v) is 5.93. The molecule has 1 N–H and O–H groups in total. The summed E-state index contributed by atoms with van der Waals surface area (Å²) in [5, 5.41) is 15.1. The summed E-state index contributed by atoms with van der Waals surface area (Å²) in [7, 11) is 1.58. The number of ether oxygens (including phenoxy) is 2. The first-order valence-electron chi connectivity index (χ1n) is 11.7. The summed E-state index contributed by atoms with van der Waals surface area (Å²) < 4.78 is 11.3. The monoisotopic (exact) mass is 486 g/mol. The fourth-order valence-electron chi connectivity index (χ4n) is 4.13. The summed E-state index contributed by atoms with van der Waals surface area (Å²) in [5.74, 6) is 2.52. The van der Waals surface area contributed by atoms with Crippen molar-refractivity contribution in [2.75, 3.05) is 12.4 Å². The van der Waals surface area contributed by atoms with Gasteiger partial charge in [0.1, 0.15) is 17.2 Å². The molecule has 6 rings (SSSR count). The lowest BCUT2D eigenvalue weighted by Gasteiger charge is -2.12. The number of rotatable bonds is 6. The van der Waals surface area contributed by atoms with E-state index < -0.39 is 0 Å². The van der Waals surface area contributed by atoms with Gasteiger partial charge < -0.3 is 14.8 Å². The van der Waals surface area contributed by atoms with Gasteiger partial charge in [-0.2, -0.15) is 0 Å². The topological polar surface area (TPSA) is 94.9 Å². The second-order valence-corrected chi connectivity index (χ2v) is 8.41. The third kappa shape index (κ3) is 4.48. The number of fused-ring (bicyclic) bond motifs is 2. The first-order chi connectivity index (χ1) is 18.2. The predicted molar refractivity (Wildman–Crippen MR) is 143 cm³/mol. The summed E-state index contributed by atoms with van der Waals surface area (Å²) >= 11 is 0. The number of methoxy groups -OCH3 is 1. The number of pyridine rings is 3. The quantitative estimate of drug-likeness (QED) is 0.285. The van der Waals surface area contributed by atoms with Crippen molar-refractivity contribution in [1.29, 1.82) is 0 Å². The molecule has 0 aliphatic heterocycles. The van der Waals surface area contributed by atoms with E-state index in [0.717, 1.165) is 44.4 Å². The van der Waals surface area contributed by atoms with Crippen LogP contribution in [0.1, 0.15) is 5.69 Å². The molecule has 0 unspecified atom stereocenters. The van der Waals surface area contributed by atoms with E-state index >= 15 is 0 Å². The molecule has 0 amide bonds. The molecule has 8 heteroatoms. The molecule has 0 aliphatic carbocycles. The molecule has 0 aliphatic rings. The smallest absolute Gasteiger partial charge is 0.215 e. The molecule has 4 heterocycles. The minimum absolute atomic E-state index is 0.506. The lowest BCUT2D eigenvalue weighted by atomic mass is 10.1. The number of aryl methyl sites for hydroxylation is 1. The van der Waals surface area contributed by atoms with Crippen LogP contribution in [0.25, 0.3) is 33.1 Å². The van der Waals surface area contributed by atoms with Crippen molar-refractivity contribution in [1.82, 2.24) is 25.1 Å². The van der Waals surface area contributed by atoms with Crippen LogP contribution in [0, 0.1) is 6.92 Å². The first-order valence-corrected chi connectivity index (χ1v) is 11.7. The van der Waals surface area contributed by atoms with E-state index in [1.807, 2.05) is 79.7 Å². The van der Waals surface area contributed by atoms with Gasteiger partial charge in [0.2, 0.25) is 5.88 Å². The summed E-state index contributed by atoms with van der Waals surface area (Å²) in [6, 6.07) is 25.2. The predicted octanol–water partition coefficient (Wildman–Crippen LogP) is 6.49. The van der Waals surface area contributed by atoms with Crippen LogP contribution in [0.4, 0.5) is 11.5 Å². The molecule has 0 radical (unpaired) electrons. The van der Waals surface area contributed by atoms with Gasteiger partial charge >= 0.3 is 0 Å². The Morgan fingerprint density at radius 1 is 0.784 bits per heavy atom. The Labute approximate surface area is 213 Å². The van der Waals surface area contributed by atoms with Crippen LogP contribution in [0.15, 0.2) is 91.3 Å². The molecule has 0 fully saturated rings. The van der Waals surface area contributed by atoms with E-state index in [-0.39, 0.29) is 0 Å². The van der Waals surface area contributed by atoms with Crippen LogP contribution < -0.4 is 14.8 Å². The molecule has 0 atom stereocenters. The Morgan fingerprint density at radius 3 is 2.43 bits per heavy atom. The van der Waals surface area contributed by atoms with Crippen LogP contribution in [0.5, 0.6) is 17.4 Å². The highest BCUT2D eigenvalue weighted by atomic mass is 16.5. The summed E-state index contributed by atoms with van der Waals surface area (Å²) in [6.45, 7) is 1.97. The molecule has 6 aromatic rings. The number of nitrogens with zero attached hydrogens (tertiary/aromatic N) is 5. The Balaban J connectivity index is 1.27. The molecule has 0 saturated carbocycles. The highest BCUT2D eigenvalue weighted by Gasteiger charge is 2.13. The van der Waals surface area contributed by atoms with Crippen molar-refractivity contribution >= 4 is 33.2 Å². The first kappa shape index (κ1) is 22.4. The molecule has 8 nitrogen and oxygen atoms in total. The Kier molecular flexibility index (Phi) is 5.74. The molecule has 0 spiro atoms. The largest absolute Gasteiger partial charge is 0.481 e. The summed E-state index contributed by atoms with van der Waals surface area (Å²) in [4.78, 5) is 13.3. The van der Waals surface area contributed by atoms with E-state index in [1.165, 1.54) is 0 Å². The molecule has 37 heavy (non-hydrogen) atoms. The van der Waals surface area contributed by atoms with Gasteiger partial charge in [0.15, 0.2) is 5.82 Å². The fraction of sp³-hybridized carbons (Fsp3) is 0.0690. The highest BCUT2D eigenvalue weighted by molar-refractivity contribution is 6.00. The van der Waals surface area contributed by atoms with E-state index in [9.17, 15) is 0 Å². The second kappa shape index (κ2) is 9.50. The van der Waals surface area contributed by atoms with Crippen molar-refractivity contribution in [3.05, 3.63) is 97.0 Å². The molecule has 0 bridgehead atoms. The maximum Gasteiger partial charge on any atom is 0.215 e. The van der Waals surface area contributed by atoms with Gasteiger partial charge in [0.05, 0.1) is 23.7 Å². The Hall–Kier alpha value is -5.11. The van der Waals surface area contributed by atoms with E-state index in [1.54, 1.807) is 25.6 Å².